The normalized spacial score (nSPS) is 32.3. The van der Waals surface area contributed by atoms with Crippen LogP contribution in [0.25, 0.3) is 0 Å². The molecule has 0 aliphatic heterocycles. The van der Waals surface area contributed by atoms with Crippen molar-refractivity contribution < 1.29 is 9.53 Å². The smallest absolute Gasteiger partial charge is 0.310 e. The molecule has 2 rings (SSSR count). The van der Waals surface area contributed by atoms with Gasteiger partial charge >= 0.3 is 5.97 Å². The second kappa shape index (κ2) is 5.67. The maximum absolute atomic E-state index is 12.0. The number of ether oxygens (including phenoxy) is 1. The molecular formula is C13H23NO2. The molecule has 0 aromatic rings. The van der Waals surface area contributed by atoms with E-state index < -0.39 is 0 Å². The highest BCUT2D eigenvalue weighted by Gasteiger charge is 2.31. The van der Waals surface area contributed by atoms with E-state index in [1.54, 1.807) is 0 Å². The van der Waals surface area contributed by atoms with Gasteiger partial charge in [-0.15, -0.1) is 0 Å². The van der Waals surface area contributed by atoms with Crippen LogP contribution in [0.1, 0.15) is 57.8 Å². The minimum atomic E-state index is -0.0318. The fourth-order valence-corrected chi connectivity index (χ4v) is 2.89. The van der Waals surface area contributed by atoms with Gasteiger partial charge in [0, 0.05) is 6.04 Å². The molecule has 2 atom stereocenters. The van der Waals surface area contributed by atoms with Crippen molar-refractivity contribution in [2.75, 3.05) is 0 Å². The lowest BCUT2D eigenvalue weighted by atomic mass is 9.85. The van der Waals surface area contributed by atoms with Gasteiger partial charge in [-0.05, 0) is 38.5 Å². The first kappa shape index (κ1) is 11.9. The van der Waals surface area contributed by atoms with Gasteiger partial charge in [-0.1, -0.05) is 19.3 Å². The van der Waals surface area contributed by atoms with Crippen molar-refractivity contribution in [3.8, 4) is 0 Å². The Morgan fingerprint density at radius 2 is 1.56 bits per heavy atom. The van der Waals surface area contributed by atoms with Gasteiger partial charge in [0.2, 0.25) is 0 Å². The molecule has 16 heavy (non-hydrogen) atoms. The highest BCUT2D eigenvalue weighted by atomic mass is 16.5. The summed E-state index contributed by atoms with van der Waals surface area (Å²) in [5.41, 5.74) is 5.98. The second-order valence-electron chi connectivity index (χ2n) is 5.25. The lowest BCUT2D eigenvalue weighted by Crippen LogP contribution is -2.40. The lowest BCUT2D eigenvalue weighted by Gasteiger charge is -2.29. The lowest BCUT2D eigenvalue weighted by molar-refractivity contribution is -0.157. The van der Waals surface area contributed by atoms with Crippen molar-refractivity contribution in [2.45, 2.75) is 69.9 Å². The van der Waals surface area contributed by atoms with E-state index in [4.69, 9.17) is 10.5 Å². The van der Waals surface area contributed by atoms with Crippen LogP contribution in [0.3, 0.4) is 0 Å². The zero-order chi connectivity index (χ0) is 11.4. The first-order valence-electron chi connectivity index (χ1n) is 6.73. The summed E-state index contributed by atoms with van der Waals surface area (Å²) in [5.74, 6) is -0.0604. The van der Waals surface area contributed by atoms with Crippen molar-refractivity contribution in [3.05, 3.63) is 0 Å². The van der Waals surface area contributed by atoms with Crippen LogP contribution < -0.4 is 5.73 Å². The van der Waals surface area contributed by atoms with Gasteiger partial charge in [-0.3, -0.25) is 4.79 Å². The van der Waals surface area contributed by atoms with Crippen molar-refractivity contribution in [3.63, 3.8) is 0 Å². The molecule has 3 heteroatoms. The number of rotatable bonds is 2. The quantitative estimate of drug-likeness (QED) is 0.734. The molecule has 2 fully saturated rings. The van der Waals surface area contributed by atoms with E-state index in [-0.39, 0.29) is 24.0 Å². The zero-order valence-corrected chi connectivity index (χ0v) is 9.99. The molecule has 2 N–H and O–H groups in total. The summed E-state index contributed by atoms with van der Waals surface area (Å²) in [5, 5.41) is 0. The van der Waals surface area contributed by atoms with Gasteiger partial charge < -0.3 is 10.5 Å². The molecule has 3 nitrogen and oxygen atoms in total. The topological polar surface area (TPSA) is 52.3 Å². The van der Waals surface area contributed by atoms with Crippen LogP contribution in [0.2, 0.25) is 0 Å². The molecule has 2 aliphatic rings. The highest BCUT2D eigenvalue weighted by Crippen LogP contribution is 2.27. The average molecular weight is 225 g/mol. The standard InChI is InChI=1S/C13H23NO2/c14-12-9-5-4-8-11(12)13(15)16-10-6-2-1-3-7-10/h10-12H,1-9,14H2. The summed E-state index contributed by atoms with van der Waals surface area (Å²) in [7, 11) is 0. The van der Waals surface area contributed by atoms with Gasteiger partial charge in [0.15, 0.2) is 0 Å². The van der Waals surface area contributed by atoms with Gasteiger partial charge in [-0.2, -0.15) is 0 Å². The summed E-state index contributed by atoms with van der Waals surface area (Å²) in [6.07, 6.45) is 10.2. The van der Waals surface area contributed by atoms with E-state index in [0.29, 0.717) is 0 Å². The van der Waals surface area contributed by atoms with Crippen molar-refractivity contribution >= 4 is 5.97 Å². The van der Waals surface area contributed by atoms with Crippen LogP contribution in [-0.4, -0.2) is 18.1 Å². The van der Waals surface area contributed by atoms with Crippen LogP contribution in [-0.2, 0) is 9.53 Å². The van der Waals surface area contributed by atoms with Crippen molar-refractivity contribution in [1.82, 2.24) is 0 Å². The predicted octanol–water partition coefficient (Wildman–Crippen LogP) is 2.38. The number of hydrogen-bond acceptors (Lipinski definition) is 3. The largest absolute Gasteiger partial charge is 0.462 e. The Morgan fingerprint density at radius 3 is 2.25 bits per heavy atom. The van der Waals surface area contributed by atoms with E-state index in [1.807, 2.05) is 0 Å². The molecular weight excluding hydrogens is 202 g/mol. The maximum Gasteiger partial charge on any atom is 0.310 e. The summed E-state index contributed by atoms with van der Waals surface area (Å²) in [4.78, 5) is 12.0. The van der Waals surface area contributed by atoms with E-state index >= 15 is 0 Å². The van der Waals surface area contributed by atoms with Crippen LogP contribution in [0, 0.1) is 5.92 Å². The number of carbonyl (C=O) groups excluding carboxylic acids is 1. The first-order chi connectivity index (χ1) is 7.77. The summed E-state index contributed by atoms with van der Waals surface area (Å²) in [6, 6.07) is 0.0323. The molecule has 92 valence electrons. The fourth-order valence-electron chi connectivity index (χ4n) is 2.89. The Kier molecular flexibility index (Phi) is 4.22. The summed E-state index contributed by atoms with van der Waals surface area (Å²) >= 11 is 0. The molecule has 0 spiro atoms. The highest BCUT2D eigenvalue weighted by molar-refractivity contribution is 5.73. The Morgan fingerprint density at radius 1 is 0.938 bits per heavy atom. The van der Waals surface area contributed by atoms with Gasteiger partial charge in [-0.25, -0.2) is 0 Å². The third-order valence-corrected chi connectivity index (χ3v) is 3.96. The minimum absolute atomic E-state index is 0.0286. The minimum Gasteiger partial charge on any atom is -0.462 e. The average Bonchev–Trinajstić information content (AvgIpc) is 2.31. The fraction of sp³-hybridized carbons (Fsp3) is 0.923. The van der Waals surface area contributed by atoms with E-state index in [0.717, 1.165) is 38.5 Å². The second-order valence-corrected chi connectivity index (χ2v) is 5.25. The van der Waals surface area contributed by atoms with Crippen molar-refractivity contribution in [1.29, 1.82) is 0 Å². The van der Waals surface area contributed by atoms with Gasteiger partial charge in [0.05, 0.1) is 5.92 Å². The molecule has 0 saturated heterocycles. The molecule has 0 heterocycles. The zero-order valence-electron chi connectivity index (χ0n) is 9.99. The maximum atomic E-state index is 12.0. The Hall–Kier alpha value is -0.570. The molecule has 2 unspecified atom stereocenters. The molecule has 0 bridgehead atoms. The van der Waals surface area contributed by atoms with Crippen LogP contribution >= 0.6 is 0 Å². The molecule has 0 aromatic heterocycles. The van der Waals surface area contributed by atoms with Crippen LogP contribution in [0.15, 0.2) is 0 Å². The molecule has 0 aromatic carbocycles. The summed E-state index contributed by atoms with van der Waals surface area (Å²) < 4.78 is 5.58. The monoisotopic (exact) mass is 225 g/mol. The number of nitrogens with two attached hydrogens (primary N) is 1. The number of carbonyl (C=O) groups is 1. The Bertz CT molecular complexity index is 236. The molecule has 2 aliphatic carbocycles. The number of esters is 1. The van der Waals surface area contributed by atoms with E-state index in [9.17, 15) is 4.79 Å². The SMILES string of the molecule is NC1CCCCC1C(=O)OC1CCCCC1. The van der Waals surface area contributed by atoms with E-state index in [1.165, 1.54) is 19.3 Å². The molecule has 0 amide bonds. The van der Waals surface area contributed by atoms with E-state index in [2.05, 4.69) is 0 Å². The van der Waals surface area contributed by atoms with Crippen LogP contribution in [0.5, 0.6) is 0 Å². The molecule has 2 saturated carbocycles. The van der Waals surface area contributed by atoms with Crippen molar-refractivity contribution in [2.24, 2.45) is 11.7 Å². The summed E-state index contributed by atoms with van der Waals surface area (Å²) in [6.45, 7) is 0. The van der Waals surface area contributed by atoms with Gasteiger partial charge in [0.25, 0.3) is 0 Å². The predicted molar refractivity (Wildman–Crippen MR) is 62.9 cm³/mol. The van der Waals surface area contributed by atoms with Crippen LogP contribution in [0.4, 0.5) is 0 Å². The first-order valence-corrected chi connectivity index (χ1v) is 6.73. The number of hydrogen-bond donors (Lipinski definition) is 1. The Labute approximate surface area is 97.7 Å². The molecule has 0 radical (unpaired) electrons. The third-order valence-electron chi connectivity index (χ3n) is 3.96. The van der Waals surface area contributed by atoms with Gasteiger partial charge in [0.1, 0.15) is 6.10 Å². The Balaban J connectivity index is 1.81. The third kappa shape index (κ3) is 2.97.